The maximum absolute atomic E-state index is 14.1. The van der Waals surface area contributed by atoms with Crippen LogP contribution in [0.25, 0.3) is 11.3 Å². The Bertz CT molecular complexity index is 1330. The van der Waals surface area contributed by atoms with Gasteiger partial charge in [-0.25, -0.2) is 22.8 Å². The van der Waals surface area contributed by atoms with Crippen molar-refractivity contribution in [1.29, 1.82) is 0 Å². The van der Waals surface area contributed by atoms with Gasteiger partial charge in [0.05, 0.1) is 17.3 Å². The van der Waals surface area contributed by atoms with Crippen molar-refractivity contribution < 1.29 is 30.8 Å². The quantitative estimate of drug-likeness (QED) is 0.435. The zero-order valence-electron chi connectivity index (χ0n) is 18.4. The molecule has 1 aliphatic rings. The standard InChI is InChI=1S/C24H21F4N3O3S/c25-19-4-1-2-6-23(19)35(33,34)31-13-3-5-21(31)22(32)12-11-18-14-20(30-15-29-18)16-7-9-17(10-8-16)24(26,27)28/h1-2,4,6-10,14-15,21H,3,5,11-13H2/t21-/m0/s1. The number of aromatic nitrogens is 2. The lowest BCUT2D eigenvalue weighted by Gasteiger charge is -2.23. The summed E-state index contributed by atoms with van der Waals surface area (Å²) in [6.45, 7) is 0.124. The van der Waals surface area contributed by atoms with Crippen LogP contribution in [0.2, 0.25) is 0 Å². The lowest BCUT2D eigenvalue weighted by atomic mass is 10.0. The van der Waals surface area contributed by atoms with E-state index in [9.17, 15) is 30.8 Å². The Kier molecular flexibility index (Phi) is 7.00. The van der Waals surface area contributed by atoms with Gasteiger partial charge in [-0.2, -0.15) is 17.5 Å². The molecule has 1 atom stereocenters. The average Bonchev–Trinajstić information content (AvgIpc) is 3.34. The van der Waals surface area contributed by atoms with E-state index in [2.05, 4.69) is 9.97 Å². The minimum atomic E-state index is -4.44. The molecule has 0 unspecified atom stereocenters. The topological polar surface area (TPSA) is 80.2 Å². The van der Waals surface area contributed by atoms with E-state index in [4.69, 9.17) is 0 Å². The van der Waals surface area contributed by atoms with Gasteiger partial charge in [-0.05, 0) is 49.6 Å². The third-order valence-electron chi connectivity index (χ3n) is 5.86. The normalized spacial score (nSPS) is 17.0. The molecule has 4 rings (SSSR count). The molecule has 0 N–H and O–H groups in total. The number of benzene rings is 2. The molecule has 0 saturated carbocycles. The van der Waals surface area contributed by atoms with Crippen LogP contribution in [0.15, 0.2) is 65.8 Å². The molecule has 1 saturated heterocycles. The van der Waals surface area contributed by atoms with Crippen LogP contribution < -0.4 is 0 Å². The predicted octanol–water partition coefficient (Wildman–Crippen LogP) is 4.66. The Morgan fingerprint density at radius 1 is 1.06 bits per heavy atom. The van der Waals surface area contributed by atoms with Crippen molar-refractivity contribution in [3.8, 4) is 11.3 Å². The minimum absolute atomic E-state index is 0.00256. The Hall–Kier alpha value is -3.18. The van der Waals surface area contributed by atoms with Crippen molar-refractivity contribution in [2.45, 2.75) is 42.8 Å². The van der Waals surface area contributed by atoms with Crippen molar-refractivity contribution in [2.24, 2.45) is 0 Å². The maximum Gasteiger partial charge on any atom is 0.416 e. The van der Waals surface area contributed by atoms with Crippen LogP contribution >= 0.6 is 0 Å². The monoisotopic (exact) mass is 507 g/mol. The molecule has 11 heteroatoms. The van der Waals surface area contributed by atoms with Crippen LogP contribution in [0.4, 0.5) is 17.6 Å². The van der Waals surface area contributed by atoms with Gasteiger partial charge < -0.3 is 0 Å². The first-order valence-electron chi connectivity index (χ1n) is 10.8. The third-order valence-corrected chi connectivity index (χ3v) is 7.80. The number of rotatable bonds is 7. The molecular weight excluding hydrogens is 486 g/mol. The summed E-state index contributed by atoms with van der Waals surface area (Å²) < 4.78 is 79.5. The number of aryl methyl sites for hydroxylation is 1. The van der Waals surface area contributed by atoms with E-state index in [-0.39, 0.29) is 25.2 Å². The Balaban J connectivity index is 1.45. The first kappa shape index (κ1) is 24.9. The highest BCUT2D eigenvalue weighted by atomic mass is 32.2. The van der Waals surface area contributed by atoms with Gasteiger partial charge in [-0.3, -0.25) is 4.79 Å². The van der Waals surface area contributed by atoms with E-state index < -0.39 is 38.5 Å². The van der Waals surface area contributed by atoms with Gasteiger partial charge in [0, 0.05) is 24.2 Å². The zero-order valence-corrected chi connectivity index (χ0v) is 19.2. The van der Waals surface area contributed by atoms with Crippen molar-refractivity contribution in [1.82, 2.24) is 14.3 Å². The lowest BCUT2D eigenvalue weighted by molar-refractivity contribution is -0.137. The van der Waals surface area contributed by atoms with Crippen LogP contribution in [0, 0.1) is 5.82 Å². The Morgan fingerprint density at radius 2 is 1.77 bits per heavy atom. The second-order valence-corrected chi connectivity index (χ2v) is 10.00. The zero-order chi connectivity index (χ0) is 25.2. The predicted molar refractivity (Wildman–Crippen MR) is 119 cm³/mol. The van der Waals surface area contributed by atoms with Crippen molar-refractivity contribution in [3.05, 3.63) is 78.0 Å². The SMILES string of the molecule is O=C(CCc1cc(-c2ccc(C(F)(F)F)cc2)ncn1)[C@@H]1CCCN1S(=O)(=O)c1ccccc1F. The van der Waals surface area contributed by atoms with Gasteiger partial charge in [0.2, 0.25) is 10.0 Å². The summed E-state index contributed by atoms with van der Waals surface area (Å²) in [5.74, 6) is -1.18. The summed E-state index contributed by atoms with van der Waals surface area (Å²) in [7, 11) is -4.17. The minimum Gasteiger partial charge on any atom is -0.298 e. The number of hydrogen-bond donors (Lipinski definition) is 0. The number of halogens is 4. The van der Waals surface area contributed by atoms with Crippen LogP contribution in [-0.2, 0) is 27.4 Å². The summed E-state index contributed by atoms with van der Waals surface area (Å²) >= 11 is 0. The molecule has 1 fully saturated rings. The van der Waals surface area contributed by atoms with E-state index in [1.807, 2.05) is 0 Å². The number of carbonyl (C=O) groups excluding carboxylic acids is 1. The number of hydrogen-bond acceptors (Lipinski definition) is 5. The molecule has 0 amide bonds. The molecular formula is C24H21F4N3O3S. The van der Waals surface area contributed by atoms with Crippen LogP contribution in [0.5, 0.6) is 0 Å². The highest BCUT2D eigenvalue weighted by molar-refractivity contribution is 7.89. The molecule has 184 valence electrons. The lowest BCUT2D eigenvalue weighted by Crippen LogP contribution is -2.40. The highest BCUT2D eigenvalue weighted by Gasteiger charge is 2.40. The number of nitrogens with zero attached hydrogens (tertiary/aromatic N) is 3. The van der Waals surface area contributed by atoms with E-state index >= 15 is 0 Å². The Morgan fingerprint density at radius 3 is 2.46 bits per heavy atom. The summed E-state index contributed by atoms with van der Waals surface area (Å²) in [4.78, 5) is 20.7. The van der Waals surface area contributed by atoms with Crippen LogP contribution in [-0.4, -0.2) is 41.1 Å². The smallest absolute Gasteiger partial charge is 0.298 e. The first-order chi connectivity index (χ1) is 16.6. The molecule has 0 spiro atoms. The van der Waals surface area contributed by atoms with Crippen molar-refractivity contribution >= 4 is 15.8 Å². The van der Waals surface area contributed by atoms with E-state index in [0.717, 1.165) is 22.5 Å². The van der Waals surface area contributed by atoms with Crippen molar-refractivity contribution in [3.63, 3.8) is 0 Å². The van der Waals surface area contributed by atoms with Gasteiger partial charge in [0.25, 0.3) is 0 Å². The molecule has 35 heavy (non-hydrogen) atoms. The number of carbonyl (C=O) groups is 1. The fourth-order valence-electron chi connectivity index (χ4n) is 4.07. The van der Waals surface area contributed by atoms with E-state index in [1.165, 1.54) is 36.7 Å². The van der Waals surface area contributed by atoms with Crippen LogP contribution in [0.1, 0.15) is 30.5 Å². The van der Waals surface area contributed by atoms with Gasteiger partial charge in [0.1, 0.15) is 17.0 Å². The van der Waals surface area contributed by atoms with Gasteiger partial charge in [-0.1, -0.05) is 24.3 Å². The van der Waals surface area contributed by atoms with Gasteiger partial charge in [0.15, 0.2) is 5.78 Å². The molecule has 0 radical (unpaired) electrons. The molecule has 6 nitrogen and oxygen atoms in total. The fourth-order valence-corrected chi connectivity index (χ4v) is 5.81. The van der Waals surface area contributed by atoms with E-state index in [0.29, 0.717) is 29.8 Å². The average molecular weight is 508 g/mol. The first-order valence-corrected chi connectivity index (χ1v) is 12.3. The largest absolute Gasteiger partial charge is 0.416 e. The molecule has 1 aromatic heterocycles. The number of sulfonamides is 1. The van der Waals surface area contributed by atoms with Gasteiger partial charge in [-0.15, -0.1) is 0 Å². The number of alkyl halides is 3. The molecule has 1 aliphatic heterocycles. The summed E-state index contributed by atoms with van der Waals surface area (Å²) in [5, 5.41) is 0. The molecule has 0 aliphatic carbocycles. The molecule has 2 aromatic carbocycles. The summed E-state index contributed by atoms with van der Waals surface area (Å²) in [6, 6.07) is 10.3. The Labute approximate surface area is 199 Å². The second kappa shape index (κ2) is 9.82. The number of ketones is 1. The van der Waals surface area contributed by atoms with Crippen LogP contribution in [0.3, 0.4) is 0 Å². The maximum atomic E-state index is 14.1. The van der Waals surface area contributed by atoms with E-state index in [1.54, 1.807) is 6.07 Å². The van der Waals surface area contributed by atoms with Gasteiger partial charge >= 0.3 is 6.18 Å². The summed E-state index contributed by atoms with van der Waals surface area (Å²) in [5.41, 5.74) is 0.587. The number of Topliss-reactive ketones (excluding diaryl/α,β-unsaturated/α-hetero) is 1. The highest BCUT2D eigenvalue weighted by Crippen LogP contribution is 2.31. The molecule has 3 aromatic rings. The molecule has 0 bridgehead atoms. The summed E-state index contributed by atoms with van der Waals surface area (Å²) in [6.07, 6.45) is -2.17. The molecule has 2 heterocycles. The van der Waals surface area contributed by atoms with Crippen molar-refractivity contribution in [2.75, 3.05) is 6.54 Å². The fraction of sp³-hybridized carbons (Fsp3) is 0.292. The third kappa shape index (κ3) is 5.40. The second-order valence-electron chi connectivity index (χ2n) is 8.14.